The van der Waals surface area contributed by atoms with Crippen LogP contribution in [0.25, 0.3) is 15.2 Å². The van der Waals surface area contributed by atoms with Crippen LogP contribution in [0.4, 0.5) is 10.8 Å². The molecule has 31 heavy (non-hydrogen) atoms. The van der Waals surface area contributed by atoms with E-state index in [0.717, 1.165) is 32.6 Å². The minimum Gasteiger partial charge on any atom is -0.274 e. The van der Waals surface area contributed by atoms with Gasteiger partial charge in [0.25, 0.3) is 0 Å². The van der Waals surface area contributed by atoms with Gasteiger partial charge in [0.2, 0.25) is 10.9 Å². The molecule has 0 aliphatic carbocycles. The highest BCUT2D eigenvalue weighted by molar-refractivity contribution is 7.98. The second kappa shape index (κ2) is 8.07. The first kappa shape index (κ1) is 20.2. The number of rotatable bonds is 5. The zero-order valence-corrected chi connectivity index (χ0v) is 19.6. The number of aromatic nitrogens is 4. The number of benzene rings is 2. The second-order valence-corrected chi connectivity index (χ2v) is 10.0. The van der Waals surface area contributed by atoms with Gasteiger partial charge in [0.1, 0.15) is 0 Å². The summed E-state index contributed by atoms with van der Waals surface area (Å²) in [5.74, 6) is 0.601. The molecular formula is C22H19N5OS3. The normalized spacial score (nSPS) is 11.5. The van der Waals surface area contributed by atoms with Gasteiger partial charge in [0.15, 0.2) is 10.3 Å². The van der Waals surface area contributed by atoms with Crippen LogP contribution in [0.5, 0.6) is 0 Å². The Labute approximate surface area is 191 Å². The van der Waals surface area contributed by atoms with Crippen LogP contribution in [0.15, 0.2) is 53.0 Å². The molecule has 0 saturated heterocycles. The fourth-order valence-corrected chi connectivity index (χ4v) is 6.36. The van der Waals surface area contributed by atoms with Crippen LogP contribution >= 0.6 is 34.4 Å². The fourth-order valence-electron chi connectivity index (χ4n) is 3.52. The predicted molar refractivity (Wildman–Crippen MR) is 129 cm³/mol. The molecule has 0 aliphatic heterocycles. The number of amides is 1. The van der Waals surface area contributed by atoms with E-state index in [-0.39, 0.29) is 5.91 Å². The van der Waals surface area contributed by atoms with Crippen molar-refractivity contribution in [1.82, 2.24) is 19.6 Å². The summed E-state index contributed by atoms with van der Waals surface area (Å²) in [5.41, 5.74) is 5.12. The fraction of sp³-hybridized carbons (Fsp3) is 0.182. The molecule has 5 rings (SSSR count). The maximum atomic E-state index is 12.4. The predicted octanol–water partition coefficient (Wildman–Crippen LogP) is 5.99. The highest BCUT2D eigenvalue weighted by atomic mass is 32.2. The summed E-state index contributed by atoms with van der Waals surface area (Å²) < 4.78 is 3.28. The maximum absolute atomic E-state index is 12.4. The van der Waals surface area contributed by atoms with Gasteiger partial charge in [-0.3, -0.25) is 14.1 Å². The molecule has 3 aromatic heterocycles. The number of anilines is 2. The Hall–Kier alpha value is -2.75. The first-order chi connectivity index (χ1) is 15.0. The van der Waals surface area contributed by atoms with E-state index in [4.69, 9.17) is 4.98 Å². The molecule has 2 aromatic carbocycles. The molecular weight excluding hydrogens is 446 g/mol. The van der Waals surface area contributed by atoms with Crippen LogP contribution in [0.2, 0.25) is 0 Å². The quantitative estimate of drug-likeness (QED) is 0.298. The summed E-state index contributed by atoms with van der Waals surface area (Å²) in [5, 5.41) is 12.2. The van der Waals surface area contributed by atoms with E-state index in [2.05, 4.69) is 32.8 Å². The van der Waals surface area contributed by atoms with E-state index in [1.54, 1.807) is 34.9 Å². The molecule has 0 bridgehead atoms. The minimum absolute atomic E-state index is 0.0515. The van der Waals surface area contributed by atoms with Crippen LogP contribution in [0, 0.1) is 13.8 Å². The van der Waals surface area contributed by atoms with Crippen LogP contribution in [0.1, 0.15) is 23.7 Å². The molecule has 9 heteroatoms. The van der Waals surface area contributed by atoms with Gasteiger partial charge in [-0.1, -0.05) is 52.9 Å². The van der Waals surface area contributed by atoms with E-state index < -0.39 is 0 Å². The average Bonchev–Trinajstić information content (AvgIpc) is 3.44. The van der Waals surface area contributed by atoms with Gasteiger partial charge in [-0.15, -0.1) is 21.5 Å². The van der Waals surface area contributed by atoms with Crippen molar-refractivity contribution in [3.63, 3.8) is 0 Å². The van der Waals surface area contributed by atoms with Crippen molar-refractivity contribution in [2.75, 3.05) is 4.90 Å². The molecule has 156 valence electrons. The Kier molecular flexibility index (Phi) is 5.25. The largest absolute Gasteiger partial charge is 0.274 e. The van der Waals surface area contributed by atoms with Crippen molar-refractivity contribution >= 4 is 66.3 Å². The molecule has 0 fully saturated rings. The van der Waals surface area contributed by atoms with Crippen molar-refractivity contribution in [2.24, 2.45) is 0 Å². The standard InChI is InChI=1S/C22H19N5OS3/c1-13-8-9-17(14(2)10-13)26(15(3)28)20-23-16(11-29-20)12-30-21-24-25-22-27(21)18-6-4-5-7-19(18)31-22/h4-11H,12H2,1-3H3. The topological polar surface area (TPSA) is 63.4 Å². The van der Waals surface area contributed by atoms with Crippen molar-refractivity contribution in [1.29, 1.82) is 0 Å². The molecule has 6 nitrogen and oxygen atoms in total. The van der Waals surface area contributed by atoms with Gasteiger partial charge >= 0.3 is 0 Å². The number of para-hydroxylation sites is 1. The van der Waals surface area contributed by atoms with Gasteiger partial charge in [0, 0.05) is 18.1 Å². The molecule has 0 unspecified atom stereocenters. The molecule has 0 N–H and O–H groups in total. The Morgan fingerprint density at radius 1 is 1.16 bits per heavy atom. The first-order valence-corrected chi connectivity index (χ1v) is 12.4. The highest BCUT2D eigenvalue weighted by Gasteiger charge is 2.20. The van der Waals surface area contributed by atoms with E-state index in [9.17, 15) is 4.79 Å². The lowest BCUT2D eigenvalue weighted by Gasteiger charge is -2.20. The molecule has 0 aliphatic rings. The third-order valence-electron chi connectivity index (χ3n) is 4.90. The minimum atomic E-state index is -0.0515. The van der Waals surface area contributed by atoms with E-state index in [1.165, 1.54) is 21.6 Å². The molecule has 5 aromatic rings. The number of fused-ring (bicyclic) bond motifs is 3. The van der Waals surface area contributed by atoms with Crippen LogP contribution < -0.4 is 4.90 Å². The van der Waals surface area contributed by atoms with Crippen molar-refractivity contribution in [2.45, 2.75) is 31.7 Å². The van der Waals surface area contributed by atoms with Gasteiger partial charge in [-0.05, 0) is 37.6 Å². The Morgan fingerprint density at radius 2 is 2.00 bits per heavy atom. The summed E-state index contributed by atoms with van der Waals surface area (Å²) in [6.07, 6.45) is 0. The van der Waals surface area contributed by atoms with Crippen LogP contribution in [-0.4, -0.2) is 25.5 Å². The lowest BCUT2D eigenvalue weighted by Crippen LogP contribution is -2.23. The maximum Gasteiger partial charge on any atom is 0.230 e. The van der Waals surface area contributed by atoms with Gasteiger partial charge in [-0.25, -0.2) is 4.98 Å². The van der Waals surface area contributed by atoms with Gasteiger partial charge in [-0.2, -0.15) is 0 Å². The number of carbonyl (C=O) groups excluding carboxylic acids is 1. The van der Waals surface area contributed by atoms with E-state index >= 15 is 0 Å². The number of thioether (sulfide) groups is 1. The zero-order chi connectivity index (χ0) is 21.5. The molecule has 0 saturated carbocycles. The summed E-state index contributed by atoms with van der Waals surface area (Å²) in [6, 6.07) is 14.3. The van der Waals surface area contributed by atoms with Crippen LogP contribution in [-0.2, 0) is 10.5 Å². The average molecular weight is 466 g/mol. The SMILES string of the molecule is CC(=O)N(c1nc(CSc2nnc3sc4ccccc4n23)cs1)c1ccc(C)cc1C. The van der Waals surface area contributed by atoms with Crippen LogP contribution in [0.3, 0.4) is 0 Å². The highest BCUT2D eigenvalue weighted by Crippen LogP contribution is 2.34. The Balaban J connectivity index is 1.40. The number of carbonyl (C=O) groups is 1. The number of aryl methyl sites for hydroxylation is 2. The zero-order valence-electron chi connectivity index (χ0n) is 17.2. The number of hydrogen-bond donors (Lipinski definition) is 0. The summed E-state index contributed by atoms with van der Waals surface area (Å²) in [4.78, 5) is 19.8. The third-order valence-corrected chi connectivity index (χ3v) is 7.75. The van der Waals surface area contributed by atoms with Gasteiger partial charge < -0.3 is 0 Å². The molecule has 0 spiro atoms. The van der Waals surface area contributed by atoms with Crippen molar-refractivity contribution in [3.05, 3.63) is 64.7 Å². The summed E-state index contributed by atoms with van der Waals surface area (Å²) in [6.45, 7) is 5.64. The number of nitrogens with zero attached hydrogens (tertiary/aromatic N) is 5. The summed E-state index contributed by atoms with van der Waals surface area (Å²) >= 11 is 4.71. The van der Waals surface area contributed by atoms with Crippen molar-refractivity contribution < 1.29 is 4.79 Å². The lowest BCUT2D eigenvalue weighted by atomic mass is 10.1. The Bertz CT molecular complexity index is 1420. The van der Waals surface area contributed by atoms with E-state index in [1.807, 2.05) is 43.5 Å². The van der Waals surface area contributed by atoms with E-state index in [0.29, 0.717) is 10.9 Å². The first-order valence-electron chi connectivity index (χ1n) is 9.69. The molecule has 1 amide bonds. The summed E-state index contributed by atoms with van der Waals surface area (Å²) in [7, 11) is 0. The third kappa shape index (κ3) is 3.73. The molecule has 3 heterocycles. The number of thiazole rings is 2. The molecule has 0 atom stereocenters. The number of hydrogen-bond acceptors (Lipinski definition) is 7. The lowest BCUT2D eigenvalue weighted by molar-refractivity contribution is -0.115. The van der Waals surface area contributed by atoms with Gasteiger partial charge in [0.05, 0.1) is 21.6 Å². The monoisotopic (exact) mass is 465 g/mol. The molecule has 0 radical (unpaired) electrons. The Morgan fingerprint density at radius 3 is 2.81 bits per heavy atom. The van der Waals surface area contributed by atoms with Crippen molar-refractivity contribution in [3.8, 4) is 0 Å². The second-order valence-electron chi connectivity index (χ2n) is 7.22. The smallest absolute Gasteiger partial charge is 0.230 e.